The van der Waals surface area contributed by atoms with Gasteiger partial charge in [0.1, 0.15) is 5.76 Å². The Morgan fingerprint density at radius 3 is 2.53 bits per heavy atom. The van der Waals surface area contributed by atoms with E-state index in [0.717, 1.165) is 17.0 Å². The summed E-state index contributed by atoms with van der Waals surface area (Å²) < 4.78 is 5.50. The molecule has 0 radical (unpaired) electrons. The molecule has 0 unspecified atom stereocenters. The fourth-order valence-corrected chi connectivity index (χ4v) is 1.46. The molecule has 15 heavy (non-hydrogen) atoms. The number of aromatic nitrogens is 1. The SMILES string of the molecule is Cc1oc(-c2ccc(Cl)cc2)nc1CN. The Bertz CT molecular complexity index is 462. The predicted molar refractivity (Wildman–Crippen MR) is 59.6 cm³/mol. The van der Waals surface area contributed by atoms with Crippen molar-refractivity contribution in [3.8, 4) is 11.5 Å². The number of benzene rings is 1. The zero-order valence-corrected chi connectivity index (χ0v) is 9.08. The summed E-state index contributed by atoms with van der Waals surface area (Å²) in [6.45, 7) is 2.25. The van der Waals surface area contributed by atoms with Gasteiger partial charge in [-0.3, -0.25) is 0 Å². The van der Waals surface area contributed by atoms with E-state index >= 15 is 0 Å². The molecule has 78 valence electrons. The summed E-state index contributed by atoms with van der Waals surface area (Å²) in [4.78, 5) is 4.29. The van der Waals surface area contributed by atoms with Crippen LogP contribution in [0.5, 0.6) is 0 Å². The van der Waals surface area contributed by atoms with Crippen molar-refractivity contribution in [1.82, 2.24) is 4.98 Å². The van der Waals surface area contributed by atoms with E-state index in [1.807, 2.05) is 19.1 Å². The molecule has 0 saturated carbocycles. The van der Waals surface area contributed by atoms with E-state index < -0.39 is 0 Å². The molecule has 0 atom stereocenters. The molecule has 0 fully saturated rings. The van der Waals surface area contributed by atoms with E-state index in [1.54, 1.807) is 12.1 Å². The third-order valence-corrected chi connectivity index (χ3v) is 2.43. The number of nitrogens with two attached hydrogens (primary N) is 1. The molecular weight excluding hydrogens is 212 g/mol. The monoisotopic (exact) mass is 222 g/mol. The quantitative estimate of drug-likeness (QED) is 0.850. The Morgan fingerprint density at radius 1 is 1.33 bits per heavy atom. The highest BCUT2D eigenvalue weighted by Crippen LogP contribution is 2.22. The standard InChI is InChI=1S/C11H11ClN2O/c1-7-10(6-13)14-11(15-7)8-2-4-9(12)5-3-8/h2-5H,6,13H2,1H3. The number of hydrogen-bond acceptors (Lipinski definition) is 3. The zero-order chi connectivity index (χ0) is 10.8. The molecule has 1 aromatic carbocycles. The maximum absolute atomic E-state index is 5.79. The summed E-state index contributed by atoms with van der Waals surface area (Å²) in [7, 11) is 0. The molecule has 1 aromatic heterocycles. The van der Waals surface area contributed by atoms with Gasteiger partial charge in [0.25, 0.3) is 0 Å². The van der Waals surface area contributed by atoms with Crippen molar-refractivity contribution in [2.45, 2.75) is 13.5 Å². The Balaban J connectivity index is 2.41. The van der Waals surface area contributed by atoms with Gasteiger partial charge in [0, 0.05) is 17.1 Å². The summed E-state index contributed by atoms with van der Waals surface area (Å²) in [5.41, 5.74) is 7.22. The van der Waals surface area contributed by atoms with Gasteiger partial charge in [-0.25, -0.2) is 4.98 Å². The third kappa shape index (κ3) is 2.03. The highest BCUT2D eigenvalue weighted by molar-refractivity contribution is 6.30. The van der Waals surface area contributed by atoms with Crippen LogP contribution in [0.4, 0.5) is 0 Å². The first-order valence-electron chi connectivity index (χ1n) is 4.63. The third-order valence-electron chi connectivity index (χ3n) is 2.18. The molecule has 4 heteroatoms. The van der Waals surface area contributed by atoms with Crippen molar-refractivity contribution in [2.24, 2.45) is 5.73 Å². The Hall–Kier alpha value is -1.32. The fraction of sp³-hybridized carbons (Fsp3) is 0.182. The molecule has 1 heterocycles. The van der Waals surface area contributed by atoms with Crippen molar-refractivity contribution in [1.29, 1.82) is 0 Å². The molecule has 0 aliphatic rings. The minimum absolute atomic E-state index is 0.392. The molecule has 0 aliphatic heterocycles. The Morgan fingerprint density at radius 2 is 2.00 bits per heavy atom. The van der Waals surface area contributed by atoms with Crippen LogP contribution < -0.4 is 5.73 Å². The number of hydrogen-bond donors (Lipinski definition) is 1. The molecule has 2 rings (SSSR count). The van der Waals surface area contributed by atoms with Gasteiger partial charge in [-0.1, -0.05) is 11.6 Å². The molecule has 0 saturated heterocycles. The largest absolute Gasteiger partial charge is 0.441 e. The first kappa shape index (κ1) is 10.2. The average molecular weight is 223 g/mol. The van der Waals surface area contributed by atoms with Crippen LogP contribution in [0, 0.1) is 6.92 Å². The van der Waals surface area contributed by atoms with Crippen molar-refractivity contribution in [2.75, 3.05) is 0 Å². The molecule has 0 aliphatic carbocycles. The maximum atomic E-state index is 5.79. The molecule has 2 N–H and O–H groups in total. The first-order valence-corrected chi connectivity index (χ1v) is 5.01. The summed E-state index contributed by atoms with van der Waals surface area (Å²) >= 11 is 5.79. The maximum Gasteiger partial charge on any atom is 0.226 e. The Labute approximate surface area is 92.9 Å². The summed E-state index contributed by atoms with van der Waals surface area (Å²) in [6, 6.07) is 7.35. The van der Waals surface area contributed by atoms with E-state index in [1.165, 1.54) is 0 Å². The van der Waals surface area contributed by atoms with Crippen LogP contribution in [-0.2, 0) is 6.54 Å². The van der Waals surface area contributed by atoms with E-state index in [-0.39, 0.29) is 0 Å². The van der Waals surface area contributed by atoms with Gasteiger partial charge in [-0.15, -0.1) is 0 Å². The van der Waals surface area contributed by atoms with E-state index in [2.05, 4.69) is 4.98 Å². The van der Waals surface area contributed by atoms with Crippen molar-refractivity contribution in [3.63, 3.8) is 0 Å². The van der Waals surface area contributed by atoms with Crippen molar-refractivity contribution in [3.05, 3.63) is 40.7 Å². The molecule has 2 aromatic rings. The molecular formula is C11H11ClN2O. The van der Waals surface area contributed by atoms with Crippen LogP contribution in [0.25, 0.3) is 11.5 Å². The van der Waals surface area contributed by atoms with Gasteiger partial charge in [0.05, 0.1) is 5.69 Å². The summed E-state index contributed by atoms with van der Waals surface area (Å²) in [5, 5.41) is 0.695. The number of nitrogens with zero attached hydrogens (tertiary/aromatic N) is 1. The highest BCUT2D eigenvalue weighted by Gasteiger charge is 2.09. The van der Waals surface area contributed by atoms with Gasteiger partial charge in [0.15, 0.2) is 0 Å². The highest BCUT2D eigenvalue weighted by atomic mass is 35.5. The molecule has 3 nitrogen and oxygen atoms in total. The smallest absolute Gasteiger partial charge is 0.226 e. The van der Waals surface area contributed by atoms with Gasteiger partial charge in [-0.05, 0) is 31.2 Å². The summed E-state index contributed by atoms with van der Waals surface area (Å²) in [6.07, 6.45) is 0. The minimum Gasteiger partial charge on any atom is -0.441 e. The van der Waals surface area contributed by atoms with Crippen LogP contribution in [0.2, 0.25) is 5.02 Å². The average Bonchev–Trinajstić information content (AvgIpc) is 2.61. The fourth-order valence-electron chi connectivity index (χ4n) is 1.33. The lowest BCUT2D eigenvalue weighted by Crippen LogP contribution is -1.97. The van der Waals surface area contributed by atoms with Gasteiger partial charge in [0.2, 0.25) is 5.89 Å². The number of oxazole rings is 1. The number of rotatable bonds is 2. The second-order valence-electron chi connectivity index (χ2n) is 3.23. The zero-order valence-electron chi connectivity index (χ0n) is 8.33. The predicted octanol–water partition coefficient (Wildman–Crippen LogP) is 2.76. The van der Waals surface area contributed by atoms with Gasteiger partial charge in [-0.2, -0.15) is 0 Å². The molecule has 0 spiro atoms. The lowest BCUT2D eigenvalue weighted by atomic mass is 10.2. The van der Waals surface area contributed by atoms with Crippen LogP contribution in [0.1, 0.15) is 11.5 Å². The lowest BCUT2D eigenvalue weighted by Gasteiger charge is -1.94. The van der Waals surface area contributed by atoms with Crippen molar-refractivity contribution >= 4 is 11.6 Å². The van der Waals surface area contributed by atoms with Crippen LogP contribution in [0.15, 0.2) is 28.7 Å². The van der Waals surface area contributed by atoms with Gasteiger partial charge < -0.3 is 10.2 Å². The van der Waals surface area contributed by atoms with Crippen LogP contribution >= 0.6 is 11.6 Å². The first-order chi connectivity index (χ1) is 7.20. The second-order valence-corrected chi connectivity index (χ2v) is 3.67. The van der Waals surface area contributed by atoms with E-state index in [0.29, 0.717) is 17.5 Å². The molecule has 0 amide bonds. The molecule has 0 bridgehead atoms. The van der Waals surface area contributed by atoms with Crippen LogP contribution in [-0.4, -0.2) is 4.98 Å². The number of halogens is 1. The van der Waals surface area contributed by atoms with Gasteiger partial charge >= 0.3 is 0 Å². The van der Waals surface area contributed by atoms with Crippen LogP contribution in [0.3, 0.4) is 0 Å². The van der Waals surface area contributed by atoms with Crippen molar-refractivity contribution < 1.29 is 4.42 Å². The summed E-state index contributed by atoms with van der Waals surface area (Å²) in [5.74, 6) is 1.35. The van der Waals surface area contributed by atoms with E-state index in [4.69, 9.17) is 21.8 Å². The topological polar surface area (TPSA) is 52.0 Å². The van der Waals surface area contributed by atoms with E-state index in [9.17, 15) is 0 Å². The minimum atomic E-state index is 0.392. The second kappa shape index (κ2) is 4.04. The lowest BCUT2D eigenvalue weighted by molar-refractivity contribution is 0.539. The normalized spacial score (nSPS) is 10.6. The number of aryl methyl sites for hydroxylation is 1. The Kier molecular flexibility index (Phi) is 2.75.